The van der Waals surface area contributed by atoms with Crippen LogP contribution in [0, 0.1) is 0 Å². The minimum Gasteiger partial charge on any atom is -0.340 e. The number of hydrogen-bond donors (Lipinski definition) is 2. The summed E-state index contributed by atoms with van der Waals surface area (Å²) in [5, 5.41) is 0. The van der Waals surface area contributed by atoms with Gasteiger partial charge in [0.2, 0.25) is 0 Å². The van der Waals surface area contributed by atoms with E-state index in [4.69, 9.17) is 5.84 Å². The van der Waals surface area contributed by atoms with Crippen molar-refractivity contribution >= 4 is 11.7 Å². The van der Waals surface area contributed by atoms with Crippen LogP contribution in [0.4, 0.5) is 5.82 Å². The number of nitrogens with zero attached hydrogens (tertiary/aromatic N) is 3. The summed E-state index contributed by atoms with van der Waals surface area (Å²) in [5.74, 6) is 5.63. The lowest BCUT2D eigenvalue weighted by atomic mass is 10.2. The molecule has 17 heavy (non-hydrogen) atoms. The molecule has 0 unspecified atom stereocenters. The highest BCUT2D eigenvalue weighted by molar-refractivity contribution is 5.98. The number of nitrogen functional groups attached to an aromatic ring is 1. The van der Waals surface area contributed by atoms with Crippen LogP contribution in [0.2, 0.25) is 0 Å². The maximum Gasteiger partial charge on any atom is 0.257 e. The minimum atomic E-state index is -0.0899. The predicted octanol–water partition coefficient (Wildman–Crippen LogP) is 0.000800. The Kier molecular flexibility index (Phi) is 4.86. The van der Waals surface area contributed by atoms with Gasteiger partial charge < -0.3 is 15.2 Å². The number of carbonyl (C=O) groups excluding carboxylic acids is 1. The lowest BCUT2D eigenvalue weighted by Gasteiger charge is -2.20. The zero-order chi connectivity index (χ0) is 12.8. The number of aromatic nitrogens is 1. The summed E-state index contributed by atoms with van der Waals surface area (Å²) in [7, 11) is 5.70. The lowest BCUT2D eigenvalue weighted by molar-refractivity contribution is 0.0787. The van der Waals surface area contributed by atoms with Crippen molar-refractivity contribution in [3.8, 4) is 0 Å². The molecule has 1 aromatic heterocycles. The molecular weight excluding hydrogens is 218 g/mol. The van der Waals surface area contributed by atoms with Crippen LogP contribution in [0.5, 0.6) is 0 Å². The molecule has 0 aliphatic rings. The van der Waals surface area contributed by atoms with E-state index in [0.29, 0.717) is 17.9 Å². The van der Waals surface area contributed by atoms with E-state index in [1.807, 2.05) is 19.0 Å². The van der Waals surface area contributed by atoms with Crippen LogP contribution in [0.15, 0.2) is 18.3 Å². The van der Waals surface area contributed by atoms with Gasteiger partial charge in [0.15, 0.2) is 5.82 Å². The van der Waals surface area contributed by atoms with Crippen molar-refractivity contribution in [2.24, 2.45) is 5.84 Å². The van der Waals surface area contributed by atoms with Crippen molar-refractivity contribution < 1.29 is 4.79 Å². The molecule has 1 amide bonds. The summed E-state index contributed by atoms with van der Waals surface area (Å²) in [6, 6.07) is 3.42. The molecule has 0 atom stereocenters. The lowest BCUT2D eigenvalue weighted by Crippen LogP contribution is -2.34. The number of nitrogens with one attached hydrogen (secondary N) is 1. The van der Waals surface area contributed by atoms with Gasteiger partial charge in [0, 0.05) is 26.3 Å². The van der Waals surface area contributed by atoms with E-state index in [-0.39, 0.29) is 5.91 Å². The van der Waals surface area contributed by atoms with Gasteiger partial charge >= 0.3 is 0 Å². The zero-order valence-corrected chi connectivity index (χ0v) is 10.5. The second-order valence-corrected chi connectivity index (χ2v) is 4.07. The third kappa shape index (κ3) is 3.69. The van der Waals surface area contributed by atoms with E-state index >= 15 is 0 Å². The first-order valence-corrected chi connectivity index (χ1v) is 5.38. The zero-order valence-electron chi connectivity index (χ0n) is 10.5. The summed E-state index contributed by atoms with van der Waals surface area (Å²) in [6.07, 6.45) is 1.59. The highest BCUT2D eigenvalue weighted by Crippen LogP contribution is 2.12. The Labute approximate surface area is 101 Å². The third-order valence-corrected chi connectivity index (χ3v) is 2.40. The summed E-state index contributed by atoms with van der Waals surface area (Å²) in [5.41, 5.74) is 2.91. The first-order valence-electron chi connectivity index (χ1n) is 5.38. The van der Waals surface area contributed by atoms with Crippen LogP contribution in [-0.2, 0) is 0 Å². The van der Waals surface area contributed by atoms with E-state index in [9.17, 15) is 4.79 Å². The van der Waals surface area contributed by atoms with E-state index in [0.717, 1.165) is 6.54 Å². The fourth-order valence-electron chi connectivity index (χ4n) is 1.35. The highest BCUT2D eigenvalue weighted by Gasteiger charge is 2.15. The van der Waals surface area contributed by atoms with Gasteiger partial charge in [-0.3, -0.25) is 4.79 Å². The molecule has 6 nitrogen and oxygen atoms in total. The maximum absolute atomic E-state index is 12.1. The number of nitrogens with two attached hydrogens (primary N) is 1. The van der Waals surface area contributed by atoms with Crippen LogP contribution in [-0.4, -0.2) is 54.9 Å². The molecule has 1 aromatic rings. The van der Waals surface area contributed by atoms with Crippen LogP contribution in [0.3, 0.4) is 0 Å². The Balaban J connectivity index is 2.74. The van der Waals surface area contributed by atoms with Crippen molar-refractivity contribution in [2.45, 2.75) is 0 Å². The standard InChI is InChI=1S/C11H19N5O/c1-15(2)7-8-16(3)11(17)9-5-4-6-13-10(9)14-12/h4-6H,7-8,12H2,1-3H3,(H,13,14). The number of likely N-dealkylation sites (N-methyl/N-ethyl adjacent to an activating group) is 2. The fraction of sp³-hybridized carbons (Fsp3) is 0.455. The molecule has 1 heterocycles. The summed E-state index contributed by atoms with van der Waals surface area (Å²) >= 11 is 0. The Hall–Kier alpha value is -1.66. The summed E-state index contributed by atoms with van der Waals surface area (Å²) in [4.78, 5) is 19.8. The average Bonchev–Trinajstić information content (AvgIpc) is 2.34. The van der Waals surface area contributed by atoms with Crippen LogP contribution >= 0.6 is 0 Å². The van der Waals surface area contributed by atoms with Gasteiger partial charge in [-0.05, 0) is 26.2 Å². The maximum atomic E-state index is 12.1. The Morgan fingerprint density at radius 3 is 2.71 bits per heavy atom. The number of hydrazine groups is 1. The SMILES string of the molecule is CN(C)CCN(C)C(=O)c1cccnc1NN. The molecular formula is C11H19N5O. The highest BCUT2D eigenvalue weighted by atomic mass is 16.2. The van der Waals surface area contributed by atoms with E-state index < -0.39 is 0 Å². The second-order valence-electron chi connectivity index (χ2n) is 4.07. The number of pyridine rings is 1. The molecule has 1 rings (SSSR count). The molecule has 0 fully saturated rings. The Morgan fingerprint density at radius 2 is 2.12 bits per heavy atom. The first kappa shape index (κ1) is 13.4. The minimum absolute atomic E-state index is 0.0899. The number of amides is 1. The van der Waals surface area contributed by atoms with E-state index in [1.165, 1.54) is 0 Å². The van der Waals surface area contributed by atoms with Gasteiger partial charge in [-0.1, -0.05) is 0 Å². The number of rotatable bonds is 5. The molecule has 0 spiro atoms. The number of anilines is 1. The van der Waals surface area contributed by atoms with Gasteiger partial charge in [0.05, 0.1) is 5.56 Å². The second kappa shape index (κ2) is 6.17. The molecule has 0 aliphatic heterocycles. The topological polar surface area (TPSA) is 74.5 Å². The smallest absolute Gasteiger partial charge is 0.257 e. The monoisotopic (exact) mass is 237 g/mol. The molecule has 6 heteroatoms. The molecule has 0 saturated heterocycles. The molecule has 0 aliphatic carbocycles. The van der Waals surface area contributed by atoms with E-state index in [1.54, 1.807) is 30.3 Å². The first-order chi connectivity index (χ1) is 8.06. The Morgan fingerprint density at radius 1 is 1.41 bits per heavy atom. The van der Waals surface area contributed by atoms with Crippen LogP contribution < -0.4 is 11.3 Å². The molecule has 0 saturated carbocycles. The van der Waals surface area contributed by atoms with Gasteiger partial charge in [-0.15, -0.1) is 0 Å². The molecule has 94 valence electrons. The fourth-order valence-corrected chi connectivity index (χ4v) is 1.35. The summed E-state index contributed by atoms with van der Waals surface area (Å²) < 4.78 is 0. The molecule has 3 N–H and O–H groups in total. The molecule has 0 radical (unpaired) electrons. The van der Waals surface area contributed by atoms with Crippen LogP contribution in [0.1, 0.15) is 10.4 Å². The quantitative estimate of drug-likeness (QED) is 0.557. The molecule has 0 bridgehead atoms. The van der Waals surface area contributed by atoms with Crippen molar-refractivity contribution in [3.05, 3.63) is 23.9 Å². The third-order valence-electron chi connectivity index (χ3n) is 2.40. The van der Waals surface area contributed by atoms with Crippen molar-refractivity contribution in [3.63, 3.8) is 0 Å². The number of carbonyl (C=O) groups is 1. The largest absolute Gasteiger partial charge is 0.340 e. The van der Waals surface area contributed by atoms with Crippen molar-refractivity contribution in [2.75, 3.05) is 39.7 Å². The number of hydrogen-bond acceptors (Lipinski definition) is 5. The van der Waals surface area contributed by atoms with Crippen LogP contribution in [0.25, 0.3) is 0 Å². The van der Waals surface area contributed by atoms with Gasteiger partial charge in [0.1, 0.15) is 0 Å². The predicted molar refractivity (Wildman–Crippen MR) is 67.6 cm³/mol. The Bertz CT molecular complexity index is 380. The average molecular weight is 237 g/mol. The van der Waals surface area contributed by atoms with Crippen molar-refractivity contribution in [1.29, 1.82) is 0 Å². The summed E-state index contributed by atoms with van der Waals surface area (Å²) in [6.45, 7) is 1.47. The molecule has 0 aromatic carbocycles. The van der Waals surface area contributed by atoms with Gasteiger partial charge in [-0.2, -0.15) is 0 Å². The normalized spacial score (nSPS) is 10.4. The van der Waals surface area contributed by atoms with Gasteiger partial charge in [0.25, 0.3) is 5.91 Å². The van der Waals surface area contributed by atoms with Crippen molar-refractivity contribution in [1.82, 2.24) is 14.8 Å². The van der Waals surface area contributed by atoms with Gasteiger partial charge in [-0.25, -0.2) is 10.8 Å². The van der Waals surface area contributed by atoms with E-state index in [2.05, 4.69) is 10.4 Å².